The van der Waals surface area contributed by atoms with Crippen molar-refractivity contribution >= 4 is 28.6 Å². The van der Waals surface area contributed by atoms with Gasteiger partial charge in [0.1, 0.15) is 16.5 Å². The summed E-state index contributed by atoms with van der Waals surface area (Å²) in [5.74, 6) is -0.557. The lowest BCUT2D eigenvalue weighted by molar-refractivity contribution is 0.211. The maximum Gasteiger partial charge on any atom is 0.265 e. The highest BCUT2D eigenvalue weighted by Gasteiger charge is 2.33. The van der Waals surface area contributed by atoms with E-state index in [0.29, 0.717) is 11.7 Å². The molecule has 2 N–H and O–H groups in total. The molecule has 0 radical (unpaired) electrons. The monoisotopic (exact) mass is 449 g/mol. The zero-order valence-corrected chi connectivity index (χ0v) is 19.3. The van der Waals surface area contributed by atoms with Crippen LogP contribution in [0.2, 0.25) is 0 Å². The minimum atomic E-state index is -4.16. The van der Waals surface area contributed by atoms with E-state index in [2.05, 4.69) is 45.7 Å². The maximum absolute atomic E-state index is 15.1. The molecule has 0 aromatic heterocycles. The number of rotatable bonds is 9. The Balaban J connectivity index is 1.93. The first-order valence-electron chi connectivity index (χ1n) is 10.6. The summed E-state index contributed by atoms with van der Waals surface area (Å²) in [6.45, 7) is 3.36. The van der Waals surface area contributed by atoms with Crippen molar-refractivity contribution < 1.29 is 12.8 Å². The second kappa shape index (κ2) is 9.91. The number of hydrogen-bond donors (Lipinski definition) is 2. The average Bonchev–Trinajstić information content (AvgIpc) is 3.56. The Morgan fingerprint density at radius 2 is 1.94 bits per heavy atom. The van der Waals surface area contributed by atoms with E-state index >= 15 is 4.39 Å². The quantitative estimate of drug-likeness (QED) is 0.565. The van der Waals surface area contributed by atoms with Gasteiger partial charge in [0.2, 0.25) is 0 Å². The summed E-state index contributed by atoms with van der Waals surface area (Å²) in [6.07, 6.45) is 9.11. The first-order chi connectivity index (χ1) is 14.8. The summed E-state index contributed by atoms with van der Waals surface area (Å²) >= 11 is 0. The Bertz CT molecular complexity index is 970. The number of aliphatic imine (C=N–C) groups is 2. The fourth-order valence-corrected chi connectivity index (χ4v) is 5.30. The molecule has 2 aliphatic carbocycles. The van der Waals surface area contributed by atoms with E-state index in [-0.39, 0.29) is 22.7 Å². The number of hydrogen-bond acceptors (Lipinski definition) is 6. The third kappa shape index (κ3) is 5.71. The molecule has 170 valence electrons. The van der Waals surface area contributed by atoms with Gasteiger partial charge in [-0.15, -0.1) is 0 Å². The molecule has 7 nitrogen and oxygen atoms in total. The highest BCUT2D eigenvalue weighted by atomic mass is 32.2. The predicted molar refractivity (Wildman–Crippen MR) is 124 cm³/mol. The largest absolute Gasteiger partial charge is 0.380 e. The molecule has 31 heavy (non-hydrogen) atoms. The molecule has 2 fully saturated rings. The van der Waals surface area contributed by atoms with Crippen molar-refractivity contribution in [2.24, 2.45) is 9.98 Å². The van der Waals surface area contributed by atoms with Crippen LogP contribution >= 0.6 is 0 Å². The van der Waals surface area contributed by atoms with Gasteiger partial charge in [0.15, 0.2) is 0 Å². The van der Waals surface area contributed by atoms with Gasteiger partial charge in [0, 0.05) is 31.0 Å². The number of anilines is 1. The Labute approximate surface area is 184 Å². The number of likely N-dealkylation sites (N-methyl/N-ethyl adjacent to an activating group) is 1. The van der Waals surface area contributed by atoms with Gasteiger partial charge in [0.25, 0.3) is 10.0 Å². The van der Waals surface area contributed by atoms with Crippen molar-refractivity contribution in [3.8, 4) is 0 Å². The summed E-state index contributed by atoms with van der Waals surface area (Å²) in [5.41, 5.74) is 1.56. The third-order valence-corrected chi connectivity index (χ3v) is 7.30. The molecule has 9 heteroatoms. The van der Waals surface area contributed by atoms with Gasteiger partial charge >= 0.3 is 0 Å². The molecule has 0 unspecified atom stereocenters. The molecule has 2 atom stereocenters. The number of halogens is 1. The van der Waals surface area contributed by atoms with E-state index in [1.807, 2.05) is 0 Å². The van der Waals surface area contributed by atoms with Gasteiger partial charge in [-0.1, -0.05) is 12.8 Å². The van der Waals surface area contributed by atoms with Crippen molar-refractivity contribution in [1.82, 2.24) is 9.62 Å². The van der Waals surface area contributed by atoms with Crippen LogP contribution < -0.4 is 10.0 Å². The van der Waals surface area contributed by atoms with Crippen LogP contribution in [-0.2, 0) is 10.0 Å². The van der Waals surface area contributed by atoms with Crippen molar-refractivity contribution in [3.63, 3.8) is 0 Å². The fraction of sp³-hybridized carbons (Fsp3) is 0.545. The van der Waals surface area contributed by atoms with Crippen LogP contribution in [0.1, 0.15) is 50.0 Å². The van der Waals surface area contributed by atoms with Gasteiger partial charge in [-0.05, 0) is 76.2 Å². The number of sulfonamides is 1. The van der Waals surface area contributed by atoms with Gasteiger partial charge in [-0.25, -0.2) is 17.8 Å². The highest BCUT2D eigenvalue weighted by molar-refractivity contribution is 7.89. The van der Waals surface area contributed by atoms with Crippen LogP contribution in [0.25, 0.3) is 0 Å². The van der Waals surface area contributed by atoms with Gasteiger partial charge < -0.3 is 10.2 Å². The second-order valence-electron chi connectivity index (χ2n) is 8.43. The molecule has 0 aliphatic heterocycles. The maximum atomic E-state index is 15.1. The normalized spacial score (nSPS) is 22.7. The summed E-state index contributed by atoms with van der Waals surface area (Å²) in [5, 5.41) is 3.55. The molecule has 3 rings (SSSR count). The zero-order chi connectivity index (χ0) is 22.6. The summed E-state index contributed by atoms with van der Waals surface area (Å²) in [6, 6.07) is 3.37. The number of allylic oxidation sites excluding steroid dienone is 1. The zero-order valence-electron chi connectivity index (χ0n) is 18.4. The van der Waals surface area contributed by atoms with Crippen molar-refractivity contribution in [3.05, 3.63) is 35.4 Å². The van der Waals surface area contributed by atoms with Crippen LogP contribution in [0.15, 0.2) is 38.9 Å². The van der Waals surface area contributed by atoms with Crippen LogP contribution in [0.5, 0.6) is 0 Å². The SMILES string of the molecule is C=N/C(=C\C=N/C)NS(=O)(=O)c1cc(C2CC2)c(N[C@H]2CCCC[C@@H]2N(C)C)cc1F. The Kier molecular flexibility index (Phi) is 7.48. The molecule has 0 amide bonds. The van der Waals surface area contributed by atoms with E-state index in [0.717, 1.165) is 37.7 Å². The smallest absolute Gasteiger partial charge is 0.265 e. The molecule has 0 heterocycles. The third-order valence-electron chi connectivity index (χ3n) is 5.94. The Morgan fingerprint density at radius 1 is 1.23 bits per heavy atom. The van der Waals surface area contributed by atoms with E-state index in [9.17, 15) is 8.42 Å². The van der Waals surface area contributed by atoms with Crippen molar-refractivity contribution in [2.45, 2.75) is 61.4 Å². The van der Waals surface area contributed by atoms with Gasteiger partial charge in [0.05, 0.1) is 0 Å². The van der Waals surface area contributed by atoms with E-state index < -0.39 is 15.8 Å². The molecule has 0 bridgehead atoms. The lowest BCUT2D eigenvalue weighted by atomic mass is 9.89. The molecular formula is C22H32FN5O2S. The molecule has 1 aromatic rings. The predicted octanol–water partition coefficient (Wildman–Crippen LogP) is 3.51. The van der Waals surface area contributed by atoms with Crippen LogP contribution in [-0.4, -0.2) is 59.5 Å². The summed E-state index contributed by atoms with van der Waals surface area (Å²) in [4.78, 5) is 9.24. The average molecular weight is 450 g/mol. The highest BCUT2D eigenvalue weighted by Crippen LogP contribution is 2.45. The van der Waals surface area contributed by atoms with E-state index in [4.69, 9.17) is 0 Å². The topological polar surface area (TPSA) is 86.2 Å². The summed E-state index contributed by atoms with van der Waals surface area (Å²) < 4.78 is 43.1. The van der Waals surface area contributed by atoms with Crippen molar-refractivity contribution in [2.75, 3.05) is 26.5 Å². The Morgan fingerprint density at radius 3 is 2.55 bits per heavy atom. The van der Waals surface area contributed by atoms with Crippen LogP contribution in [0.4, 0.5) is 10.1 Å². The van der Waals surface area contributed by atoms with E-state index in [1.165, 1.54) is 30.8 Å². The molecule has 2 saturated carbocycles. The lowest BCUT2D eigenvalue weighted by Crippen LogP contribution is -2.45. The molecule has 0 spiro atoms. The molecule has 1 aromatic carbocycles. The second-order valence-corrected chi connectivity index (χ2v) is 10.1. The van der Waals surface area contributed by atoms with Gasteiger partial charge in [-0.2, -0.15) is 0 Å². The molecular weight excluding hydrogens is 417 g/mol. The first-order valence-corrected chi connectivity index (χ1v) is 12.1. The number of nitrogens with one attached hydrogen (secondary N) is 2. The molecule has 0 saturated heterocycles. The minimum absolute atomic E-state index is 0.0174. The minimum Gasteiger partial charge on any atom is -0.380 e. The number of nitrogens with zero attached hydrogens (tertiary/aromatic N) is 3. The Hall–Kier alpha value is -2.26. The fourth-order valence-electron chi connectivity index (χ4n) is 4.19. The number of benzene rings is 1. The van der Waals surface area contributed by atoms with Crippen LogP contribution in [0.3, 0.4) is 0 Å². The molecule has 2 aliphatic rings. The van der Waals surface area contributed by atoms with E-state index in [1.54, 1.807) is 7.05 Å². The summed E-state index contributed by atoms with van der Waals surface area (Å²) in [7, 11) is 1.52. The van der Waals surface area contributed by atoms with Gasteiger partial charge in [-0.3, -0.25) is 9.71 Å². The van der Waals surface area contributed by atoms with Crippen LogP contribution in [0, 0.1) is 5.82 Å². The lowest BCUT2D eigenvalue weighted by Gasteiger charge is -2.37. The first kappa shape index (κ1) is 23.4. The van der Waals surface area contributed by atoms with Crippen molar-refractivity contribution in [1.29, 1.82) is 0 Å². The standard InChI is InChI=1S/C22H32FN5O2S/c1-24-12-11-22(25-2)27-31(29,30)21-13-16(15-9-10-15)19(14-17(21)23)26-18-7-5-6-8-20(18)28(3)4/h11-15,18,20,26-27H,2,5-10H2,1,3-4H3/b22-11+,24-12-/t18-,20-/m0/s1.